The van der Waals surface area contributed by atoms with Gasteiger partial charge < -0.3 is 10.1 Å². The molecule has 1 amide bonds. The summed E-state index contributed by atoms with van der Waals surface area (Å²) in [5.74, 6) is 0.481. The van der Waals surface area contributed by atoms with Crippen LogP contribution in [-0.4, -0.2) is 35.3 Å². The first-order valence-corrected chi connectivity index (χ1v) is 11.0. The van der Waals surface area contributed by atoms with Crippen molar-refractivity contribution in [3.05, 3.63) is 0 Å². The highest BCUT2D eigenvalue weighted by molar-refractivity contribution is 8.30. The molecule has 0 aliphatic heterocycles. The number of amides is 1. The molecule has 5 nitrogen and oxygen atoms in total. The van der Waals surface area contributed by atoms with Gasteiger partial charge in [0.25, 0.3) is 0 Å². The van der Waals surface area contributed by atoms with Gasteiger partial charge in [0.2, 0.25) is 0 Å². The Balaban J connectivity index is 3.33. The van der Waals surface area contributed by atoms with Crippen LogP contribution in [0.2, 0.25) is 0 Å². The first-order chi connectivity index (χ1) is 10.7. The minimum atomic E-state index is -2.46. The number of alkyl carbamates (subject to hydrolysis) is 1. The van der Waals surface area contributed by atoms with Crippen molar-refractivity contribution in [2.45, 2.75) is 77.7 Å². The first-order valence-electron chi connectivity index (χ1n) is 8.41. The Hall–Kier alpha value is -0.400. The number of hydrogen-bond donors (Lipinski definition) is 1. The van der Waals surface area contributed by atoms with E-state index in [0.717, 1.165) is 32.1 Å². The van der Waals surface area contributed by atoms with Gasteiger partial charge in [-0.2, -0.15) is 0 Å². The Morgan fingerprint density at radius 1 is 1.00 bits per heavy atom. The fourth-order valence-electron chi connectivity index (χ4n) is 2.05. The predicted octanol–water partition coefficient (Wildman–Crippen LogP) is 3.94. The van der Waals surface area contributed by atoms with Crippen LogP contribution in [0.25, 0.3) is 0 Å². The Labute approximate surface area is 146 Å². The third-order valence-electron chi connectivity index (χ3n) is 3.24. The SMILES string of the molecule is COS(=O)(=S)CCCCCCCCCCNC(=O)OC(C)(C)C. The van der Waals surface area contributed by atoms with Crippen molar-refractivity contribution in [3.63, 3.8) is 0 Å². The molecule has 1 N–H and O–H groups in total. The average molecular weight is 368 g/mol. The molecule has 138 valence electrons. The van der Waals surface area contributed by atoms with Crippen molar-refractivity contribution in [1.82, 2.24) is 5.32 Å². The van der Waals surface area contributed by atoms with Crippen LogP contribution in [0.5, 0.6) is 0 Å². The van der Waals surface area contributed by atoms with E-state index in [4.69, 9.17) is 20.1 Å². The van der Waals surface area contributed by atoms with Crippen LogP contribution in [-0.2, 0) is 28.9 Å². The van der Waals surface area contributed by atoms with E-state index in [0.29, 0.717) is 12.3 Å². The largest absolute Gasteiger partial charge is 0.444 e. The standard InChI is InChI=1S/C16H33NO4S2/c1-16(2,3)21-15(18)17-13-11-9-7-5-6-8-10-12-14-23(19,22)20-4/h5-14H2,1-4H3,(H,17,18). The van der Waals surface area contributed by atoms with Crippen LogP contribution in [0, 0.1) is 0 Å². The van der Waals surface area contributed by atoms with Crippen molar-refractivity contribution in [1.29, 1.82) is 0 Å². The summed E-state index contributed by atoms with van der Waals surface area (Å²) < 4.78 is 21.4. The van der Waals surface area contributed by atoms with Crippen molar-refractivity contribution >= 4 is 26.1 Å². The molecule has 0 heterocycles. The monoisotopic (exact) mass is 367 g/mol. The Kier molecular flexibility index (Phi) is 11.8. The molecule has 0 spiro atoms. The van der Waals surface area contributed by atoms with Gasteiger partial charge in [-0.1, -0.05) is 38.5 Å². The molecular weight excluding hydrogens is 334 g/mol. The van der Waals surface area contributed by atoms with Gasteiger partial charge in [-0.3, -0.25) is 4.18 Å². The number of ether oxygens (including phenoxy) is 1. The normalized spacial score (nSPS) is 14.3. The molecule has 7 heteroatoms. The number of hydrogen-bond acceptors (Lipinski definition) is 5. The minimum Gasteiger partial charge on any atom is -0.444 e. The van der Waals surface area contributed by atoms with Gasteiger partial charge >= 0.3 is 6.09 Å². The molecule has 0 saturated heterocycles. The number of carbonyl (C=O) groups is 1. The van der Waals surface area contributed by atoms with Gasteiger partial charge in [0.15, 0.2) is 0 Å². The zero-order valence-electron chi connectivity index (χ0n) is 15.0. The fourth-order valence-corrected chi connectivity index (χ4v) is 3.13. The Morgan fingerprint density at radius 3 is 1.96 bits per heavy atom. The lowest BCUT2D eigenvalue weighted by atomic mass is 10.1. The van der Waals surface area contributed by atoms with Crippen LogP contribution in [0.4, 0.5) is 4.79 Å². The molecule has 0 aliphatic rings. The van der Waals surface area contributed by atoms with Crippen LogP contribution >= 0.6 is 0 Å². The summed E-state index contributed by atoms with van der Waals surface area (Å²) in [6, 6.07) is 0. The van der Waals surface area contributed by atoms with Gasteiger partial charge in [-0.05, 0) is 33.6 Å². The smallest absolute Gasteiger partial charge is 0.407 e. The maximum atomic E-state index is 11.5. The van der Waals surface area contributed by atoms with E-state index < -0.39 is 14.4 Å². The first kappa shape index (κ1) is 22.6. The van der Waals surface area contributed by atoms with Gasteiger partial charge in [-0.15, -0.1) is 0 Å². The lowest BCUT2D eigenvalue weighted by Crippen LogP contribution is -2.32. The zero-order valence-corrected chi connectivity index (χ0v) is 16.7. The molecule has 0 aromatic rings. The van der Waals surface area contributed by atoms with Crippen molar-refractivity contribution in [2.24, 2.45) is 0 Å². The Morgan fingerprint density at radius 2 is 1.48 bits per heavy atom. The van der Waals surface area contributed by atoms with Crippen LogP contribution in [0.15, 0.2) is 0 Å². The van der Waals surface area contributed by atoms with Gasteiger partial charge in [-0.25, -0.2) is 9.00 Å². The van der Waals surface area contributed by atoms with Crippen LogP contribution in [0.1, 0.15) is 72.1 Å². The second kappa shape index (κ2) is 12.0. The van der Waals surface area contributed by atoms with E-state index in [1.165, 1.54) is 26.4 Å². The molecule has 0 bridgehead atoms. The maximum absolute atomic E-state index is 11.5. The highest BCUT2D eigenvalue weighted by Gasteiger charge is 2.15. The van der Waals surface area contributed by atoms with Gasteiger partial charge in [0.05, 0.1) is 12.9 Å². The molecule has 0 radical (unpaired) electrons. The second-order valence-electron chi connectivity index (χ2n) is 6.69. The summed E-state index contributed by atoms with van der Waals surface area (Å²) in [4.78, 5) is 11.4. The predicted molar refractivity (Wildman–Crippen MR) is 98.6 cm³/mol. The third kappa shape index (κ3) is 16.2. The second-order valence-corrected chi connectivity index (χ2v) is 10.1. The van der Waals surface area contributed by atoms with Crippen molar-refractivity contribution < 1.29 is 17.9 Å². The molecule has 0 rings (SSSR count). The van der Waals surface area contributed by atoms with E-state index in [1.54, 1.807) is 0 Å². The van der Waals surface area contributed by atoms with Crippen LogP contribution in [0.3, 0.4) is 0 Å². The highest BCUT2D eigenvalue weighted by Crippen LogP contribution is 2.10. The lowest BCUT2D eigenvalue weighted by Gasteiger charge is -2.19. The van der Waals surface area contributed by atoms with E-state index in [9.17, 15) is 9.00 Å². The van der Waals surface area contributed by atoms with E-state index in [1.807, 2.05) is 20.8 Å². The molecule has 1 atom stereocenters. The molecule has 0 aliphatic carbocycles. The molecule has 0 fully saturated rings. The fraction of sp³-hybridized carbons (Fsp3) is 0.938. The average Bonchev–Trinajstić information content (AvgIpc) is 2.42. The molecular formula is C16H33NO4S2. The number of rotatable bonds is 12. The number of unbranched alkanes of at least 4 members (excludes halogenated alkanes) is 7. The molecule has 23 heavy (non-hydrogen) atoms. The summed E-state index contributed by atoms with van der Waals surface area (Å²) in [5, 5.41) is 2.77. The van der Waals surface area contributed by atoms with Crippen LogP contribution < -0.4 is 5.32 Å². The minimum absolute atomic E-state index is 0.341. The summed E-state index contributed by atoms with van der Waals surface area (Å²) in [5.41, 5.74) is -0.439. The summed E-state index contributed by atoms with van der Waals surface area (Å²) in [6.07, 6.45) is 8.37. The number of carbonyl (C=O) groups excluding carboxylic acids is 1. The molecule has 0 saturated carbocycles. The lowest BCUT2D eigenvalue weighted by molar-refractivity contribution is 0.0527. The summed E-state index contributed by atoms with van der Waals surface area (Å²) in [6.45, 7) is 6.23. The summed E-state index contributed by atoms with van der Waals surface area (Å²) >= 11 is 4.82. The van der Waals surface area contributed by atoms with Crippen molar-refractivity contribution in [2.75, 3.05) is 19.4 Å². The third-order valence-corrected chi connectivity index (χ3v) is 5.45. The molecule has 1 unspecified atom stereocenters. The van der Waals surface area contributed by atoms with Crippen molar-refractivity contribution in [3.8, 4) is 0 Å². The maximum Gasteiger partial charge on any atom is 0.407 e. The molecule has 0 aromatic carbocycles. The van der Waals surface area contributed by atoms with E-state index >= 15 is 0 Å². The Bertz CT molecular complexity index is 416. The topological polar surface area (TPSA) is 64.6 Å². The molecule has 0 aromatic heterocycles. The van der Waals surface area contributed by atoms with E-state index in [2.05, 4.69) is 5.32 Å². The van der Waals surface area contributed by atoms with E-state index in [-0.39, 0.29) is 6.09 Å². The van der Waals surface area contributed by atoms with Gasteiger partial charge in [0, 0.05) is 17.7 Å². The number of nitrogens with one attached hydrogen (secondary N) is 1. The zero-order chi connectivity index (χ0) is 17.8. The highest BCUT2D eigenvalue weighted by atomic mass is 32.8. The summed E-state index contributed by atoms with van der Waals surface area (Å²) in [7, 11) is -1.05. The van der Waals surface area contributed by atoms with Gasteiger partial charge in [0.1, 0.15) is 14.4 Å². The quantitative estimate of drug-likeness (QED) is 0.529.